The molecule has 0 aliphatic heterocycles. The van der Waals surface area contributed by atoms with Crippen molar-refractivity contribution < 1.29 is 0 Å². The van der Waals surface area contributed by atoms with Gasteiger partial charge in [-0.3, -0.25) is 0 Å². The third-order valence-electron chi connectivity index (χ3n) is 3.18. The quantitative estimate of drug-likeness (QED) is 0.590. The average Bonchev–Trinajstić information content (AvgIpc) is 2.81. The Balaban J connectivity index is 1.81. The van der Waals surface area contributed by atoms with Gasteiger partial charge in [0, 0.05) is 18.9 Å². The maximum Gasteiger partial charge on any atom is 0.222 e. The summed E-state index contributed by atoms with van der Waals surface area (Å²) in [5.74, 6) is 0. The first-order chi connectivity index (χ1) is 10.2. The minimum absolute atomic E-state index is 0.263. The SMILES string of the molecule is CSc1nc2cc(NCc3ccnc(Cl)n3)ccc2n1C. The molecule has 0 aliphatic rings. The van der Waals surface area contributed by atoms with Gasteiger partial charge in [0.1, 0.15) is 0 Å². The second kappa shape index (κ2) is 5.91. The van der Waals surface area contributed by atoms with Crippen molar-refractivity contribution in [3.8, 4) is 0 Å². The summed E-state index contributed by atoms with van der Waals surface area (Å²) in [5, 5.41) is 4.59. The zero-order valence-corrected chi connectivity index (χ0v) is 13.2. The van der Waals surface area contributed by atoms with E-state index >= 15 is 0 Å². The van der Waals surface area contributed by atoms with Gasteiger partial charge in [-0.05, 0) is 42.1 Å². The van der Waals surface area contributed by atoms with E-state index < -0.39 is 0 Å². The first-order valence-electron chi connectivity index (χ1n) is 6.39. The summed E-state index contributed by atoms with van der Waals surface area (Å²) in [4.78, 5) is 12.6. The van der Waals surface area contributed by atoms with E-state index in [-0.39, 0.29) is 5.28 Å². The standard InChI is InChI=1S/C14H14ClN5S/c1-20-12-4-3-9(7-11(12)19-14(20)21-2)17-8-10-5-6-16-13(15)18-10/h3-7,17H,8H2,1-2H3. The number of hydrogen-bond acceptors (Lipinski definition) is 5. The lowest BCUT2D eigenvalue weighted by Gasteiger charge is -2.06. The Hall–Kier alpha value is -1.79. The number of imidazole rings is 1. The number of fused-ring (bicyclic) bond motifs is 1. The minimum Gasteiger partial charge on any atom is -0.379 e. The van der Waals surface area contributed by atoms with Crippen LogP contribution in [-0.2, 0) is 13.6 Å². The molecule has 0 bridgehead atoms. The number of benzene rings is 1. The van der Waals surface area contributed by atoms with Crippen molar-refractivity contribution in [3.05, 3.63) is 41.4 Å². The van der Waals surface area contributed by atoms with E-state index in [1.54, 1.807) is 18.0 Å². The van der Waals surface area contributed by atoms with Gasteiger partial charge in [-0.15, -0.1) is 0 Å². The molecule has 3 rings (SSSR count). The molecule has 0 spiro atoms. The van der Waals surface area contributed by atoms with Crippen LogP contribution in [0.3, 0.4) is 0 Å². The molecule has 0 saturated carbocycles. The summed E-state index contributed by atoms with van der Waals surface area (Å²) in [6.07, 6.45) is 3.68. The van der Waals surface area contributed by atoms with Crippen LogP contribution in [0.2, 0.25) is 5.28 Å². The molecule has 1 aromatic carbocycles. The maximum atomic E-state index is 5.78. The van der Waals surface area contributed by atoms with Crippen molar-refractivity contribution in [2.45, 2.75) is 11.7 Å². The highest BCUT2D eigenvalue weighted by Gasteiger charge is 2.07. The monoisotopic (exact) mass is 319 g/mol. The fourth-order valence-electron chi connectivity index (χ4n) is 2.13. The lowest BCUT2D eigenvalue weighted by molar-refractivity contribution is 0.817. The second-order valence-electron chi connectivity index (χ2n) is 4.53. The van der Waals surface area contributed by atoms with Crippen molar-refractivity contribution in [2.24, 2.45) is 7.05 Å². The molecule has 0 amide bonds. The lowest BCUT2D eigenvalue weighted by atomic mass is 10.2. The molecule has 0 saturated heterocycles. The molecular weight excluding hydrogens is 306 g/mol. The molecule has 2 heterocycles. The molecule has 0 unspecified atom stereocenters. The van der Waals surface area contributed by atoms with Crippen molar-refractivity contribution >= 4 is 40.1 Å². The van der Waals surface area contributed by atoms with Crippen LogP contribution in [0, 0.1) is 0 Å². The summed E-state index contributed by atoms with van der Waals surface area (Å²) in [6, 6.07) is 7.98. The van der Waals surface area contributed by atoms with E-state index in [0.29, 0.717) is 6.54 Å². The largest absolute Gasteiger partial charge is 0.379 e. The van der Waals surface area contributed by atoms with Gasteiger partial charge in [-0.25, -0.2) is 15.0 Å². The topological polar surface area (TPSA) is 55.6 Å². The Morgan fingerprint density at radius 2 is 2.14 bits per heavy atom. The minimum atomic E-state index is 0.263. The van der Waals surface area contributed by atoms with Gasteiger partial charge in [0.2, 0.25) is 5.28 Å². The molecule has 5 nitrogen and oxygen atoms in total. The third-order valence-corrected chi connectivity index (χ3v) is 4.09. The summed E-state index contributed by atoms with van der Waals surface area (Å²) in [7, 11) is 2.02. The molecule has 0 fully saturated rings. The Morgan fingerprint density at radius 1 is 1.29 bits per heavy atom. The normalized spacial score (nSPS) is 11.0. The summed E-state index contributed by atoms with van der Waals surface area (Å²) >= 11 is 7.41. The molecule has 1 N–H and O–H groups in total. The summed E-state index contributed by atoms with van der Waals surface area (Å²) in [5.41, 5.74) is 3.95. The lowest BCUT2D eigenvalue weighted by Crippen LogP contribution is -2.02. The molecule has 7 heteroatoms. The number of hydrogen-bond donors (Lipinski definition) is 1. The summed E-state index contributed by atoms with van der Waals surface area (Å²) in [6.45, 7) is 0.593. The highest BCUT2D eigenvalue weighted by Crippen LogP contribution is 2.23. The second-order valence-corrected chi connectivity index (χ2v) is 5.64. The highest BCUT2D eigenvalue weighted by molar-refractivity contribution is 7.98. The van der Waals surface area contributed by atoms with Gasteiger partial charge >= 0.3 is 0 Å². The van der Waals surface area contributed by atoms with Gasteiger partial charge in [0.05, 0.1) is 23.3 Å². The van der Waals surface area contributed by atoms with Crippen LogP contribution >= 0.6 is 23.4 Å². The Bertz CT molecular complexity index is 786. The Kier molecular flexibility index (Phi) is 3.98. The van der Waals surface area contributed by atoms with Crippen LogP contribution in [0.25, 0.3) is 11.0 Å². The predicted octanol–water partition coefficient (Wildman–Crippen LogP) is 3.35. The number of anilines is 1. The fraction of sp³-hybridized carbons (Fsp3) is 0.214. The van der Waals surface area contributed by atoms with Crippen molar-refractivity contribution in [2.75, 3.05) is 11.6 Å². The summed E-state index contributed by atoms with van der Waals surface area (Å²) < 4.78 is 2.09. The number of nitrogens with zero attached hydrogens (tertiary/aromatic N) is 4. The van der Waals surface area contributed by atoms with Crippen LogP contribution < -0.4 is 5.32 Å². The van der Waals surface area contributed by atoms with Gasteiger partial charge in [0.15, 0.2) is 5.16 Å². The average molecular weight is 320 g/mol. The van der Waals surface area contributed by atoms with Crippen molar-refractivity contribution in [3.63, 3.8) is 0 Å². The van der Waals surface area contributed by atoms with Crippen molar-refractivity contribution in [1.29, 1.82) is 0 Å². The van der Waals surface area contributed by atoms with E-state index in [1.165, 1.54) is 0 Å². The number of thioether (sulfide) groups is 1. The Labute approximate surface area is 131 Å². The number of halogens is 1. The van der Waals surface area contributed by atoms with Gasteiger partial charge < -0.3 is 9.88 Å². The van der Waals surface area contributed by atoms with E-state index in [9.17, 15) is 0 Å². The zero-order valence-electron chi connectivity index (χ0n) is 11.7. The Morgan fingerprint density at radius 3 is 2.90 bits per heavy atom. The molecule has 108 valence electrons. The number of nitrogens with one attached hydrogen (secondary N) is 1. The van der Waals surface area contributed by atoms with Crippen LogP contribution in [0.4, 0.5) is 5.69 Å². The smallest absolute Gasteiger partial charge is 0.222 e. The van der Waals surface area contributed by atoms with Gasteiger partial charge in [-0.2, -0.15) is 0 Å². The highest BCUT2D eigenvalue weighted by atomic mass is 35.5. The first kappa shape index (κ1) is 14.2. The molecule has 0 aliphatic carbocycles. The van der Waals surface area contributed by atoms with Gasteiger partial charge in [0.25, 0.3) is 0 Å². The molecule has 0 radical (unpaired) electrons. The zero-order chi connectivity index (χ0) is 14.8. The molecule has 3 aromatic rings. The number of rotatable bonds is 4. The van der Waals surface area contributed by atoms with Crippen LogP contribution in [-0.4, -0.2) is 25.8 Å². The molecular formula is C14H14ClN5S. The number of aromatic nitrogens is 4. The van der Waals surface area contributed by atoms with E-state index in [0.717, 1.165) is 27.6 Å². The third kappa shape index (κ3) is 2.96. The molecule has 2 aromatic heterocycles. The maximum absolute atomic E-state index is 5.78. The van der Waals surface area contributed by atoms with Crippen LogP contribution in [0.1, 0.15) is 5.69 Å². The molecule has 21 heavy (non-hydrogen) atoms. The van der Waals surface area contributed by atoms with E-state index in [4.69, 9.17) is 11.6 Å². The van der Waals surface area contributed by atoms with Crippen molar-refractivity contribution in [1.82, 2.24) is 19.5 Å². The fourth-order valence-corrected chi connectivity index (χ4v) is 2.86. The first-order valence-corrected chi connectivity index (χ1v) is 7.99. The molecule has 0 atom stereocenters. The van der Waals surface area contributed by atoms with Crippen LogP contribution in [0.5, 0.6) is 0 Å². The van der Waals surface area contributed by atoms with E-state index in [2.05, 4.69) is 30.9 Å². The number of aryl methyl sites for hydroxylation is 1. The van der Waals surface area contributed by atoms with Gasteiger partial charge in [-0.1, -0.05) is 11.8 Å². The van der Waals surface area contributed by atoms with Crippen LogP contribution in [0.15, 0.2) is 35.6 Å². The predicted molar refractivity (Wildman–Crippen MR) is 86.9 cm³/mol. The van der Waals surface area contributed by atoms with E-state index in [1.807, 2.05) is 31.5 Å².